The Morgan fingerprint density at radius 1 is 0.495 bits per heavy atom. The molecule has 0 saturated heterocycles. The Kier molecular flexibility index (Phi) is 21.7. The molecule has 26 nitrogen and oxygen atoms in total. The summed E-state index contributed by atoms with van der Waals surface area (Å²) in [7, 11) is 0. The summed E-state index contributed by atoms with van der Waals surface area (Å²) in [6.45, 7) is 4.85. The van der Waals surface area contributed by atoms with Gasteiger partial charge in [0, 0.05) is 120 Å². The second-order valence-electron chi connectivity index (χ2n) is 23.1. The minimum absolute atomic E-state index is 0.00114. The van der Waals surface area contributed by atoms with Gasteiger partial charge in [-0.3, -0.25) is 24.2 Å². The van der Waals surface area contributed by atoms with Crippen LogP contribution in [-0.2, 0) is 0 Å². The number of benzene rings is 3. The van der Waals surface area contributed by atoms with E-state index in [1.165, 1.54) is 32.2 Å². The fourth-order valence-electron chi connectivity index (χ4n) is 11.3. The van der Waals surface area contributed by atoms with E-state index in [4.69, 9.17) is 22.9 Å². The maximum absolute atomic E-state index is 14.3. The molecule has 0 radical (unpaired) electrons. The molecule has 12 rings (SSSR count). The number of H-pyrrole nitrogens is 1. The summed E-state index contributed by atoms with van der Waals surface area (Å²) < 4.78 is 14.3. The van der Waals surface area contributed by atoms with Crippen molar-refractivity contribution in [2.45, 2.75) is 134 Å². The van der Waals surface area contributed by atoms with Crippen LogP contribution in [0.25, 0.3) is 34.2 Å². The van der Waals surface area contributed by atoms with Gasteiger partial charge < -0.3 is 54.8 Å². The first kappa shape index (κ1) is 65.3. The van der Waals surface area contributed by atoms with Crippen LogP contribution in [0.15, 0.2) is 133 Å². The zero-order chi connectivity index (χ0) is 65.4. The number of anilines is 9. The van der Waals surface area contributed by atoms with E-state index in [1.807, 2.05) is 49.4 Å². The first-order chi connectivity index (χ1) is 45.0. The molecule has 6 heterocycles. The van der Waals surface area contributed by atoms with Crippen molar-refractivity contribution in [1.82, 2.24) is 59.8 Å². The number of aryl methyl sites for hydroxylation is 1. The van der Waals surface area contributed by atoms with Crippen molar-refractivity contribution in [3.63, 3.8) is 0 Å². The molecule has 15 N–H and O–H groups in total. The molecule has 0 aliphatic heterocycles. The van der Waals surface area contributed by atoms with Crippen LogP contribution in [0.1, 0.15) is 128 Å². The Hall–Kier alpha value is -10.6. The summed E-state index contributed by atoms with van der Waals surface area (Å²) in [5.74, 6) is 1.80. The molecule has 0 bridgehead atoms. The third-order valence-electron chi connectivity index (χ3n) is 16.0. The number of hydrogen-bond donors (Lipinski definition) is 11. The van der Waals surface area contributed by atoms with E-state index >= 15 is 0 Å². The lowest BCUT2D eigenvalue weighted by Gasteiger charge is -2.29. The Balaban J connectivity index is 0.000000153. The predicted octanol–water partition coefficient (Wildman–Crippen LogP) is 9.32. The molecular formula is C66H75FN22O4. The molecular weight excluding hydrogens is 1180 g/mol. The smallest absolute Gasteiger partial charge is 0.265 e. The summed E-state index contributed by atoms with van der Waals surface area (Å²) in [6, 6.07) is 23.1. The normalized spacial score (nSPS) is 18.4. The number of ketones is 2. The molecule has 480 valence electrons. The minimum Gasteiger partial charge on any atom is -0.365 e. The van der Waals surface area contributed by atoms with Crippen molar-refractivity contribution in [3.05, 3.63) is 167 Å². The van der Waals surface area contributed by atoms with E-state index in [9.17, 15) is 23.6 Å². The SMILES string of the molecule is CC(=O)c1c(Nc2cccc(-c3ncccn3)c2)nc(N[C@@H]2CCCC[C@@H]2N)[nH]c1=O.CC(=O)c1cnc(N[C@@H]2CCCC[C@@H]2N)nc1Nc1cc(C)cc(-c2ncccn2)c1.NC(=O)c1cnc(N[C@@H]2CCCC[C@@H]2N)nc1Nc1cc(F)cc(-c2ncccn2)c1. The number of carbonyl (C=O) groups excluding carboxylic acids is 3. The van der Waals surface area contributed by atoms with Crippen molar-refractivity contribution >= 4 is 69.8 Å². The number of carbonyl (C=O) groups is 3. The number of nitrogens with two attached hydrogens (primary N) is 4. The van der Waals surface area contributed by atoms with Gasteiger partial charge in [-0.25, -0.2) is 44.3 Å². The summed E-state index contributed by atoms with van der Waals surface area (Å²) in [6.07, 6.45) is 25.1. The van der Waals surface area contributed by atoms with Gasteiger partial charge in [0.1, 0.15) is 28.6 Å². The highest BCUT2D eigenvalue weighted by Crippen LogP contribution is 2.31. The maximum Gasteiger partial charge on any atom is 0.265 e. The highest BCUT2D eigenvalue weighted by atomic mass is 19.1. The second kappa shape index (κ2) is 30.9. The number of nitrogens with zero attached hydrogens (tertiary/aromatic N) is 11. The van der Waals surface area contributed by atoms with Crippen LogP contribution in [0.5, 0.6) is 0 Å². The number of hydrogen-bond acceptors (Lipinski definition) is 24. The Labute approximate surface area is 536 Å². The minimum atomic E-state index is -0.702. The van der Waals surface area contributed by atoms with Gasteiger partial charge in [-0.2, -0.15) is 15.0 Å². The first-order valence-corrected chi connectivity index (χ1v) is 30.9. The summed E-state index contributed by atoms with van der Waals surface area (Å²) in [5, 5.41) is 19.2. The van der Waals surface area contributed by atoms with Crippen molar-refractivity contribution in [2.24, 2.45) is 22.9 Å². The van der Waals surface area contributed by atoms with E-state index in [-0.39, 0.29) is 70.6 Å². The molecule has 1 amide bonds. The van der Waals surface area contributed by atoms with Gasteiger partial charge in [-0.05, 0) is 132 Å². The van der Waals surface area contributed by atoms with Crippen LogP contribution in [-0.4, -0.2) is 114 Å². The van der Waals surface area contributed by atoms with Crippen LogP contribution >= 0.6 is 0 Å². The molecule has 0 spiro atoms. The van der Waals surface area contributed by atoms with Crippen LogP contribution in [0.2, 0.25) is 0 Å². The van der Waals surface area contributed by atoms with Crippen LogP contribution in [0.4, 0.5) is 56.8 Å². The molecule has 27 heteroatoms. The number of amides is 1. The second-order valence-corrected chi connectivity index (χ2v) is 23.1. The summed E-state index contributed by atoms with van der Waals surface area (Å²) in [5.41, 5.74) is 29.1. The predicted molar refractivity (Wildman–Crippen MR) is 356 cm³/mol. The van der Waals surface area contributed by atoms with E-state index in [2.05, 4.69) is 91.7 Å². The molecule has 9 aromatic rings. The molecule has 6 aromatic heterocycles. The lowest BCUT2D eigenvalue weighted by atomic mass is 9.91. The number of rotatable bonds is 18. The van der Waals surface area contributed by atoms with Gasteiger partial charge in [-0.1, -0.05) is 50.7 Å². The van der Waals surface area contributed by atoms with Gasteiger partial charge in [0.25, 0.3) is 11.5 Å². The van der Waals surface area contributed by atoms with Gasteiger partial charge in [-0.15, -0.1) is 0 Å². The monoisotopic (exact) mass is 1260 g/mol. The fourth-order valence-corrected chi connectivity index (χ4v) is 11.3. The zero-order valence-electron chi connectivity index (χ0n) is 51.8. The van der Waals surface area contributed by atoms with Crippen molar-refractivity contribution in [1.29, 1.82) is 0 Å². The Morgan fingerprint density at radius 2 is 0.946 bits per heavy atom. The quantitative estimate of drug-likeness (QED) is 0.0356. The highest BCUT2D eigenvalue weighted by molar-refractivity contribution is 6.00. The third kappa shape index (κ3) is 17.7. The Morgan fingerprint density at radius 3 is 1.45 bits per heavy atom. The van der Waals surface area contributed by atoms with E-state index in [0.717, 1.165) is 99.4 Å². The fraction of sp³-hybridized carbons (Fsp3) is 0.318. The van der Waals surface area contributed by atoms with Crippen molar-refractivity contribution in [3.8, 4) is 34.2 Å². The van der Waals surface area contributed by atoms with Crippen LogP contribution in [0.3, 0.4) is 0 Å². The van der Waals surface area contributed by atoms with E-state index in [0.29, 0.717) is 63.6 Å². The molecule has 93 heavy (non-hydrogen) atoms. The summed E-state index contributed by atoms with van der Waals surface area (Å²) in [4.78, 5) is 99.1. The standard InChI is InChI=1S/C23H27N7O.C22H25N7O2.C21H23FN8O/c1-14-10-16(21-25-8-5-9-26-21)12-17(11-14)28-22-18(15(2)31)13-27-23(30-22)29-20-7-4-3-6-19(20)24;1-13(30)18-20(26-15-7-4-6-14(12-15)19-24-10-5-11-25-19)28-22(29-21(18)31)27-17-9-3-2-8-16(17)23;22-13-8-12(19-25-6-3-7-26-19)9-14(10-13)28-20-15(18(24)31)11-27-21(30-20)29-17-5-2-1-4-16(17)23/h5,8-13,19-20H,3-4,6-7,24H2,1-2H3,(H2,27,28,29,30);4-7,10-12,16-17H,2-3,8-9,23H2,1H3,(H3,26,27,28,29,31);3,6-11,16-17H,1-2,4-5,23H2,(H2,24,31)(H2,27,28,29,30)/t19-,20+;2*16-,17+/m000/s1. The van der Waals surface area contributed by atoms with E-state index < -0.39 is 17.3 Å². The molecule has 3 fully saturated rings. The lowest BCUT2D eigenvalue weighted by molar-refractivity contribution is 0.0995. The largest absolute Gasteiger partial charge is 0.365 e. The number of Topliss-reactive ketones (excluding diaryl/α,β-unsaturated/α-hetero) is 2. The summed E-state index contributed by atoms with van der Waals surface area (Å²) >= 11 is 0. The number of halogens is 1. The zero-order valence-corrected chi connectivity index (χ0v) is 51.8. The van der Waals surface area contributed by atoms with Crippen LogP contribution < -0.4 is 60.4 Å². The lowest BCUT2D eigenvalue weighted by Crippen LogP contribution is -2.43. The maximum atomic E-state index is 14.3. The van der Waals surface area contributed by atoms with Gasteiger partial charge in [0.15, 0.2) is 34.9 Å². The molecule has 3 aliphatic carbocycles. The number of aromatic nitrogens is 12. The average molecular weight is 1260 g/mol. The molecule has 6 atom stereocenters. The van der Waals surface area contributed by atoms with Crippen molar-refractivity contribution < 1.29 is 18.8 Å². The van der Waals surface area contributed by atoms with Crippen molar-refractivity contribution in [2.75, 3.05) is 31.9 Å². The number of aromatic amines is 1. The average Bonchev–Trinajstić information content (AvgIpc) is 1.05. The number of primary amides is 1. The van der Waals surface area contributed by atoms with E-state index in [1.54, 1.807) is 67.6 Å². The van der Waals surface area contributed by atoms with Crippen LogP contribution in [0, 0.1) is 12.7 Å². The van der Waals surface area contributed by atoms with Gasteiger partial charge in [0.2, 0.25) is 17.8 Å². The number of nitrogens with one attached hydrogen (secondary N) is 7. The Bertz CT molecular complexity index is 3940. The first-order valence-electron chi connectivity index (χ1n) is 30.9. The van der Waals surface area contributed by atoms with Gasteiger partial charge >= 0.3 is 0 Å². The molecule has 3 saturated carbocycles. The van der Waals surface area contributed by atoms with Gasteiger partial charge in [0.05, 0.1) is 5.56 Å². The molecule has 3 aromatic carbocycles. The molecule has 3 aliphatic rings. The highest BCUT2D eigenvalue weighted by Gasteiger charge is 2.27. The molecule has 0 unspecified atom stereocenters. The third-order valence-corrected chi connectivity index (χ3v) is 16.0. The topological polar surface area (TPSA) is 402 Å².